The van der Waals surface area contributed by atoms with Crippen LogP contribution in [0.5, 0.6) is 0 Å². The highest BCUT2D eigenvalue weighted by Gasteiger charge is 2.38. The first-order valence-corrected chi connectivity index (χ1v) is 10.7. The van der Waals surface area contributed by atoms with Gasteiger partial charge in [0.25, 0.3) is 5.91 Å². The first kappa shape index (κ1) is 22.8. The van der Waals surface area contributed by atoms with Gasteiger partial charge in [-0.1, -0.05) is 29.8 Å². The Hall–Kier alpha value is -3.43. The number of nitrogens with zero attached hydrogens (tertiary/aromatic N) is 4. The second-order valence-electron chi connectivity index (χ2n) is 7.95. The molecule has 4 rings (SSSR count). The van der Waals surface area contributed by atoms with Gasteiger partial charge in [0.1, 0.15) is 6.04 Å². The van der Waals surface area contributed by atoms with Crippen LogP contribution in [-0.4, -0.2) is 50.6 Å². The molecule has 0 spiro atoms. The van der Waals surface area contributed by atoms with Crippen LogP contribution >= 0.6 is 0 Å². The lowest BCUT2D eigenvalue weighted by Gasteiger charge is -2.33. The summed E-state index contributed by atoms with van der Waals surface area (Å²) in [6.07, 6.45) is -2.86. The van der Waals surface area contributed by atoms with E-state index in [9.17, 15) is 22.8 Å². The summed E-state index contributed by atoms with van der Waals surface area (Å²) in [6, 6.07) is 8.31. The van der Waals surface area contributed by atoms with Crippen LogP contribution in [0.15, 0.2) is 36.4 Å². The highest BCUT2D eigenvalue weighted by atomic mass is 19.4. The third-order valence-electron chi connectivity index (χ3n) is 5.61. The number of fused-ring (bicyclic) bond motifs is 1. The monoisotopic (exact) mass is 460 g/mol. The van der Waals surface area contributed by atoms with Crippen molar-refractivity contribution in [3.63, 3.8) is 0 Å². The average molecular weight is 460 g/mol. The fourth-order valence-corrected chi connectivity index (χ4v) is 3.96. The van der Waals surface area contributed by atoms with E-state index in [0.29, 0.717) is 29.5 Å². The number of amides is 1. The largest absolute Gasteiger partial charge is 0.464 e. The highest BCUT2D eigenvalue weighted by Crippen LogP contribution is 2.32. The van der Waals surface area contributed by atoms with Gasteiger partial charge in [-0.2, -0.15) is 18.3 Å². The number of halogens is 3. The quantitative estimate of drug-likeness (QED) is 0.543. The number of benzene rings is 1. The van der Waals surface area contributed by atoms with Gasteiger partial charge in [-0.25, -0.2) is 14.3 Å². The molecule has 3 heterocycles. The number of carbonyl (C=O) groups is 2. The third-order valence-corrected chi connectivity index (χ3v) is 5.61. The maximum atomic E-state index is 13.9. The molecule has 1 atom stereocenters. The SMILES string of the molecule is CCOC(=O)C1CCCCN1C(=O)c1cc2nc(-c3ccc(C)cc3)cc(C(F)(F)F)n2n1. The van der Waals surface area contributed by atoms with Crippen LogP contribution < -0.4 is 0 Å². The number of aryl methyl sites for hydroxylation is 1. The summed E-state index contributed by atoms with van der Waals surface area (Å²) in [4.78, 5) is 31.1. The molecule has 0 bridgehead atoms. The maximum absolute atomic E-state index is 13.9. The van der Waals surface area contributed by atoms with E-state index in [4.69, 9.17) is 4.74 Å². The minimum absolute atomic E-state index is 0.103. The minimum atomic E-state index is -4.72. The molecule has 0 N–H and O–H groups in total. The first-order valence-electron chi connectivity index (χ1n) is 10.7. The van der Waals surface area contributed by atoms with Gasteiger partial charge in [-0.3, -0.25) is 4.79 Å². The van der Waals surface area contributed by atoms with E-state index < -0.39 is 29.8 Å². The molecule has 3 aromatic rings. The first-order chi connectivity index (χ1) is 15.7. The number of rotatable bonds is 4. The van der Waals surface area contributed by atoms with Crippen molar-refractivity contribution >= 4 is 17.5 Å². The van der Waals surface area contributed by atoms with Gasteiger partial charge in [0.15, 0.2) is 17.0 Å². The molecular formula is C23H23F3N4O3. The third kappa shape index (κ3) is 4.55. The molecule has 174 valence electrons. The number of carbonyl (C=O) groups excluding carboxylic acids is 2. The molecule has 1 amide bonds. The van der Waals surface area contributed by atoms with Crippen molar-refractivity contribution in [2.45, 2.75) is 45.3 Å². The standard InChI is InChI=1S/C23H23F3N4O3/c1-3-33-22(32)18-6-4-5-11-29(18)21(31)17-13-20-27-16(15-9-7-14(2)8-10-15)12-19(23(24,25)26)30(20)28-17/h7-10,12-13,18H,3-6,11H2,1-2H3. The molecule has 1 aliphatic heterocycles. The molecule has 0 saturated carbocycles. The minimum Gasteiger partial charge on any atom is -0.464 e. The van der Waals surface area contributed by atoms with Gasteiger partial charge in [-0.05, 0) is 39.2 Å². The van der Waals surface area contributed by atoms with E-state index in [1.165, 1.54) is 11.0 Å². The second kappa shape index (κ2) is 8.84. The molecule has 1 aromatic carbocycles. The summed E-state index contributed by atoms with van der Waals surface area (Å²) >= 11 is 0. The van der Waals surface area contributed by atoms with E-state index in [-0.39, 0.29) is 23.6 Å². The average Bonchev–Trinajstić information content (AvgIpc) is 3.22. The number of hydrogen-bond acceptors (Lipinski definition) is 5. The summed E-state index contributed by atoms with van der Waals surface area (Å²) in [5, 5.41) is 3.93. The normalized spacial score (nSPS) is 16.8. The number of aromatic nitrogens is 3. The number of hydrogen-bond donors (Lipinski definition) is 0. The number of piperidine rings is 1. The molecule has 10 heteroatoms. The van der Waals surface area contributed by atoms with Crippen LogP contribution in [0.3, 0.4) is 0 Å². The van der Waals surface area contributed by atoms with Crippen molar-refractivity contribution in [2.24, 2.45) is 0 Å². The molecule has 2 aromatic heterocycles. The van der Waals surface area contributed by atoms with Gasteiger partial charge in [0, 0.05) is 18.2 Å². The van der Waals surface area contributed by atoms with Crippen LogP contribution in [0.1, 0.15) is 47.9 Å². The smallest absolute Gasteiger partial charge is 0.433 e. The Kier molecular flexibility index (Phi) is 6.09. The lowest BCUT2D eigenvalue weighted by Crippen LogP contribution is -2.48. The van der Waals surface area contributed by atoms with Gasteiger partial charge in [-0.15, -0.1) is 0 Å². The van der Waals surface area contributed by atoms with Gasteiger partial charge in [0.2, 0.25) is 0 Å². The van der Waals surface area contributed by atoms with E-state index in [0.717, 1.165) is 18.1 Å². The van der Waals surface area contributed by atoms with Crippen molar-refractivity contribution in [2.75, 3.05) is 13.2 Å². The van der Waals surface area contributed by atoms with Crippen molar-refractivity contribution in [3.8, 4) is 11.3 Å². The predicted octanol–water partition coefficient (Wildman–Crippen LogP) is 4.28. The highest BCUT2D eigenvalue weighted by molar-refractivity contribution is 5.96. The number of esters is 1. The molecule has 1 unspecified atom stereocenters. The Morgan fingerprint density at radius 3 is 2.55 bits per heavy atom. The van der Waals surface area contributed by atoms with Crippen LogP contribution in [0.2, 0.25) is 0 Å². The van der Waals surface area contributed by atoms with Crippen LogP contribution in [0.4, 0.5) is 13.2 Å². The summed E-state index contributed by atoms with van der Waals surface area (Å²) in [5.74, 6) is -1.15. The Bertz CT molecular complexity index is 1190. The Labute approximate surface area is 188 Å². The van der Waals surface area contributed by atoms with Crippen molar-refractivity contribution in [1.82, 2.24) is 19.5 Å². The predicted molar refractivity (Wildman–Crippen MR) is 113 cm³/mol. The Balaban J connectivity index is 1.77. The van der Waals surface area contributed by atoms with Gasteiger partial charge in [0.05, 0.1) is 12.3 Å². The summed E-state index contributed by atoms with van der Waals surface area (Å²) in [7, 11) is 0. The maximum Gasteiger partial charge on any atom is 0.433 e. The lowest BCUT2D eigenvalue weighted by atomic mass is 10.0. The fraction of sp³-hybridized carbons (Fsp3) is 0.391. The van der Waals surface area contributed by atoms with Crippen molar-refractivity contribution in [3.05, 3.63) is 53.3 Å². The molecular weight excluding hydrogens is 437 g/mol. The van der Waals surface area contributed by atoms with Crippen molar-refractivity contribution < 1.29 is 27.5 Å². The Morgan fingerprint density at radius 2 is 1.88 bits per heavy atom. The molecule has 7 nitrogen and oxygen atoms in total. The van der Waals surface area contributed by atoms with Gasteiger partial charge < -0.3 is 9.64 Å². The van der Waals surface area contributed by atoms with Gasteiger partial charge >= 0.3 is 12.1 Å². The van der Waals surface area contributed by atoms with E-state index in [2.05, 4.69) is 10.1 Å². The zero-order valence-electron chi connectivity index (χ0n) is 18.2. The van der Waals surface area contributed by atoms with Crippen LogP contribution in [0.25, 0.3) is 16.9 Å². The Morgan fingerprint density at radius 1 is 1.15 bits per heavy atom. The molecule has 1 fully saturated rings. The van der Waals surface area contributed by atoms with Crippen molar-refractivity contribution in [1.29, 1.82) is 0 Å². The van der Waals surface area contributed by atoms with E-state index in [1.54, 1.807) is 31.2 Å². The molecule has 0 aliphatic carbocycles. The topological polar surface area (TPSA) is 76.8 Å². The summed E-state index contributed by atoms with van der Waals surface area (Å²) < 4.78 is 47.3. The molecule has 1 aliphatic rings. The van der Waals surface area contributed by atoms with Crippen LogP contribution in [0, 0.1) is 6.92 Å². The van der Waals surface area contributed by atoms with Crippen LogP contribution in [-0.2, 0) is 15.7 Å². The number of likely N-dealkylation sites (tertiary alicyclic amines) is 1. The lowest BCUT2D eigenvalue weighted by molar-refractivity contribution is -0.149. The molecule has 0 radical (unpaired) electrons. The molecule has 33 heavy (non-hydrogen) atoms. The number of alkyl halides is 3. The second-order valence-corrected chi connectivity index (χ2v) is 7.95. The fourth-order valence-electron chi connectivity index (χ4n) is 3.96. The zero-order chi connectivity index (χ0) is 23.8. The van der Waals surface area contributed by atoms with E-state index >= 15 is 0 Å². The summed E-state index contributed by atoms with van der Waals surface area (Å²) in [5.41, 5.74) is 0.254. The molecule has 1 saturated heterocycles. The van der Waals surface area contributed by atoms with E-state index in [1.807, 2.05) is 6.92 Å². The zero-order valence-corrected chi connectivity index (χ0v) is 18.2. The summed E-state index contributed by atoms with van der Waals surface area (Å²) in [6.45, 7) is 4.02. The number of ether oxygens (including phenoxy) is 1.